The lowest BCUT2D eigenvalue weighted by Gasteiger charge is -2.32. The Morgan fingerprint density at radius 2 is 1.45 bits per heavy atom. The molecule has 3 rings (SSSR count). The molecule has 0 bridgehead atoms. The smallest absolute Gasteiger partial charge is 0.151 e. The summed E-state index contributed by atoms with van der Waals surface area (Å²) in [6.45, 7) is 0. The van der Waals surface area contributed by atoms with E-state index in [1.54, 1.807) is 0 Å². The van der Waals surface area contributed by atoms with Gasteiger partial charge in [0.2, 0.25) is 0 Å². The van der Waals surface area contributed by atoms with Gasteiger partial charge in [0.15, 0.2) is 7.14 Å². The lowest BCUT2D eigenvalue weighted by atomic mass is 9.98. The van der Waals surface area contributed by atoms with E-state index in [9.17, 15) is 9.77 Å². The van der Waals surface area contributed by atoms with Gasteiger partial charge in [0.1, 0.15) is 0 Å². The summed E-state index contributed by atoms with van der Waals surface area (Å²) >= 11 is 0. The SMILES string of the molecule is O=P(c1ccccc1)(c1ccccc1)C1CCCC/C1=N/O. The molecule has 22 heavy (non-hydrogen) atoms. The summed E-state index contributed by atoms with van der Waals surface area (Å²) in [5.74, 6) is 0. The van der Waals surface area contributed by atoms with Crippen LogP contribution in [0.25, 0.3) is 0 Å². The van der Waals surface area contributed by atoms with Gasteiger partial charge >= 0.3 is 0 Å². The van der Waals surface area contributed by atoms with Crippen molar-refractivity contribution in [3.05, 3.63) is 60.7 Å². The summed E-state index contributed by atoms with van der Waals surface area (Å²) in [6.07, 6.45) is 3.55. The Morgan fingerprint density at radius 3 is 1.95 bits per heavy atom. The zero-order chi connectivity index (χ0) is 15.4. The molecule has 4 heteroatoms. The lowest BCUT2D eigenvalue weighted by molar-refractivity contribution is 0.314. The predicted octanol–water partition coefficient (Wildman–Crippen LogP) is 3.77. The van der Waals surface area contributed by atoms with Crippen molar-refractivity contribution < 1.29 is 9.77 Å². The molecule has 0 aliphatic heterocycles. The topological polar surface area (TPSA) is 49.7 Å². The van der Waals surface area contributed by atoms with Crippen LogP contribution in [0.2, 0.25) is 0 Å². The van der Waals surface area contributed by atoms with Crippen LogP contribution in [0, 0.1) is 0 Å². The van der Waals surface area contributed by atoms with Gasteiger partial charge in [-0.25, -0.2) is 0 Å². The Morgan fingerprint density at radius 1 is 0.909 bits per heavy atom. The van der Waals surface area contributed by atoms with E-state index >= 15 is 0 Å². The Bertz CT molecular complexity index is 654. The second-order valence-electron chi connectivity index (χ2n) is 5.68. The third-order valence-corrected chi connectivity index (χ3v) is 7.96. The number of hydrogen-bond acceptors (Lipinski definition) is 3. The van der Waals surface area contributed by atoms with Crippen molar-refractivity contribution in [1.82, 2.24) is 0 Å². The largest absolute Gasteiger partial charge is 0.411 e. The quantitative estimate of drug-likeness (QED) is 0.533. The second kappa shape index (κ2) is 6.50. The van der Waals surface area contributed by atoms with Crippen molar-refractivity contribution in [2.45, 2.75) is 31.3 Å². The highest BCUT2D eigenvalue weighted by atomic mass is 31.2. The third kappa shape index (κ3) is 2.62. The molecule has 0 spiro atoms. The normalized spacial score (nSPS) is 20.9. The molecule has 0 heterocycles. The van der Waals surface area contributed by atoms with Crippen LogP contribution in [0.4, 0.5) is 0 Å². The summed E-state index contributed by atoms with van der Waals surface area (Å²) in [4.78, 5) is 0. The molecule has 0 aromatic heterocycles. The molecule has 2 aromatic carbocycles. The molecule has 1 aliphatic carbocycles. The van der Waals surface area contributed by atoms with E-state index in [-0.39, 0.29) is 5.66 Å². The van der Waals surface area contributed by atoms with Crippen LogP contribution in [-0.2, 0) is 4.57 Å². The van der Waals surface area contributed by atoms with Gasteiger partial charge in [-0.05, 0) is 19.3 Å². The number of nitrogens with zero attached hydrogens (tertiary/aromatic N) is 1. The summed E-state index contributed by atoms with van der Waals surface area (Å²) in [5.41, 5.74) is 0.485. The molecule has 1 aliphatic rings. The Balaban J connectivity index is 2.18. The molecule has 1 unspecified atom stereocenters. The number of hydrogen-bond donors (Lipinski definition) is 1. The Kier molecular flexibility index (Phi) is 4.44. The molecule has 1 fully saturated rings. The average molecular weight is 313 g/mol. The van der Waals surface area contributed by atoms with Gasteiger partial charge in [-0.3, -0.25) is 0 Å². The van der Waals surface area contributed by atoms with Gasteiger partial charge in [0, 0.05) is 10.6 Å². The van der Waals surface area contributed by atoms with Crippen LogP contribution in [0.15, 0.2) is 65.8 Å². The van der Waals surface area contributed by atoms with E-state index in [0.29, 0.717) is 5.71 Å². The molecule has 0 radical (unpaired) electrons. The Labute approximate surface area is 131 Å². The number of rotatable bonds is 3. The van der Waals surface area contributed by atoms with Crippen LogP contribution in [0.5, 0.6) is 0 Å². The van der Waals surface area contributed by atoms with Crippen LogP contribution in [0.1, 0.15) is 25.7 Å². The highest BCUT2D eigenvalue weighted by Gasteiger charge is 2.40. The van der Waals surface area contributed by atoms with Crippen molar-refractivity contribution >= 4 is 23.5 Å². The predicted molar refractivity (Wildman–Crippen MR) is 91.2 cm³/mol. The fourth-order valence-corrected chi connectivity index (χ4v) is 6.69. The molecule has 114 valence electrons. The minimum Gasteiger partial charge on any atom is -0.411 e. The van der Waals surface area contributed by atoms with Gasteiger partial charge in [-0.1, -0.05) is 72.2 Å². The van der Waals surface area contributed by atoms with Crippen LogP contribution >= 0.6 is 7.14 Å². The molecule has 0 amide bonds. The highest BCUT2D eigenvalue weighted by molar-refractivity contribution is 7.80. The first-order valence-electron chi connectivity index (χ1n) is 7.68. The van der Waals surface area contributed by atoms with E-state index in [2.05, 4.69) is 5.16 Å². The molecule has 3 nitrogen and oxygen atoms in total. The molecule has 0 saturated heterocycles. The first-order valence-corrected chi connectivity index (χ1v) is 9.46. The van der Waals surface area contributed by atoms with E-state index in [1.807, 2.05) is 60.7 Å². The van der Waals surface area contributed by atoms with Gasteiger partial charge in [-0.15, -0.1) is 0 Å². The summed E-state index contributed by atoms with van der Waals surface area (Å²) < 4.78 is 14.1. The molecule has 2 aromatic rings. The summed E-state index contributed by atoms with van der Waals surface area (Å²) in [5, 5.41) is 14.6. The zero-order valence-corrected chi connectivity index (χ0v) is 13.3. The van der Waals surface area contributed by atoms with Gasteiger partial charge in [0.25, 0.3) is 0 Å². The van der Waals surface area contributed by atoms with E-state index < -0.39 is 7.14 Å². The van der Waals surface area contributed by atoms with E-state index in [1.165, 1.54) is 0 Å². The van der Waals surface area contributed by atoms with Crippen molar-refractivity contribution in [1.29, 1.82) is 0 Å². The monoisotopic (exact) mass is 313 g/mol. The fourth-order valence-electron chi connectivity index (χ4n) is 3.29. The maximum absolute atomic E-state index is 14.1. The van der Waals surface area contributed by atoms with Gasteiger partial charge < -0.3 is 9.77 Å². The molecule has 1 saturated carbocycles. The van der Waals surface area contributed by atoms with Crippen LogP contribution in [0.3, 0.4) is 0 Å². The molecular formula is C18H20NO2P. The maximum Gasteiger partial charge on any atom is 0.151 e. The molecular weight excluding hydrogens is 293 g/mol. The molecule has 1 atom stereocenters. The molecule has 1 N–H and O–H groups in total. The third-order valence-electron chi connectivity index (χ3n) is 4.39. The standard InChI is InChI=1S/C18H20NO2P/c20-19-17-13-7-8-14-18(17)22(21,15-9-3-1-4-10-15)16-11-5-2-6-12-16/h1-6,9-12,18,20H,7-8,13-14H2/b19-17-. The van der Waals surface area contributed by atoms with Crippen LogP contribution in [-0.4, -0.2) is 16.6 Å². The summed E-state index contributed by atoms with van der Waals surface area (Å²) in [7, 11) is -2.86. The zero-order valence-electron chi connectivity index (χ0n) is 12.4. The van der Waals surface area contributed by atoms with Crippen molar-refractivity contribution in [3.8, 4) is 0 Å². The first-order chi connectivity index (χ1) is 10.8. The van der Waals surface area contributed by atoms with Crippen LogP contribution < -0.4 is 10.6 Å². The van der Waals surface area contributed by atoms with Crippen molar-refractivity contribution in [2.24, 2.45) is 5.16 Å². The van der Waals surface area contributed by atoms with Gasteiger partial charge in [0.05, 0.1) is 11.4 Å². The van der Waals surface area contributed by atoms with E-state index in [4.69, 9.17) is 0 Å². The minimum absolute atomic E-state index is 0.198. The summed E-state index contributed by atoms with van der Waals surface area (Å²) in [6, 6.07) is 19.3. The van der Waals surface area contributed by atoms with Gasteiger partial charge in [-0.2, -0.15) is 0 Å². The lowest BCUT2D eigenvalue weighted by Crippen LogP contribution is -2.34. The maximum atomic E-state index is 14.1. The highest BCUT2D eigenvalue weighted by Crippen LogP contribution is 2.52. The minimum atomic E-state index is -2.86. The van der Waals surface area contributed by atoms with Crippen molar-refractivity contribution in [2.75, 3.05) is 0 Å². The average Bonchev–Trinajstić information content (AvgIpc) is 2.62. The van der Waals surface area contributed by atoms with E-state index in [0.717, 1.165) is 36.3 Å². The number of oxime groups is 1. The first kappa shape index (κ1) is 15.1. The number of benzene rings is 2. The second-order valence-corrected chi connectivity index (χ2v) is 8.65. The Hall–Kier alpha value is -1.86. The van der Waals surface area contributed by atoms with Crippen molar-refractivity contribution in [3.63, 3.8) is 0 Å². The fraction of sp³-hybridized carbons (Fsp3) is 0.278.